The minimum atomic E-state index is -0.394. The lowest BCUT2D eigenvalue weighted by molar-refractivity contribution is 0.157. The van der Waals surface area contributed by atoms with Crippen LogP contribution in [0.2, 0.25) is 0 Å². The molecule has 1 N–H and O–H groups in total. The molecule has 0 saturated carbocycles. The molecule has 0 bridgehead atoms. The number of rotatable bonds is 9. The van der Waals surface area contributed by atoms with Gasteiger partial charge in [0.1, 0.15) is 5.75 Å². The average molecular weight is 250 g/mol. The van der Waals surface area contributed by atoms with E-state index in [1.165, 1.54) is 19.3 Å². The van der Waals surface area contributed by atoms with E-state index in [4.69, 9.17) is 4.74 Å². The Morgan fingerprint density at radius 3 is 2.56 bits per heavy atom. The smallest absolute Gasteiger partial charge is 0.125 e. The number of hydrogen-bond acceptors (Lipinski definition) is 2. The van der Waals surface area contributed by atoms with Crippen molar-refractivity contribution in [3.05, 3.63) is 29.8 Å². The van der Waals surface area contributed by atoms with Crippen LogP contribution < -0.4 is 4.74 Å². The molecule has 1 atom stereocenters. The zero-order valence-corrected chi connectivity index (χ0v) is 11.7. The second-order valence-electron chi connectivity index (χ2n) is 4.75. The number of hydrogen-bond donors (Lipinski definition) is 1. The Kier molecular flexibility index (Phi) is 7.51. The molecule has 2 heteroatoms. The third-order valence-corrected chi connectivity index (χ3v) is 3.07. The summed E-state index contributed by atoms with van der Waals surface area (Å²) in [6, 6.07) is 7.83. The molecule has 0 fully saturated rings. The minimum Gasteiger partial charge on any atom is -0.493 e. The molecule has 0 amide bonds. The third kappa shape index (κ3) is 5.09. The lowest BCUT2D eigenvalue weighted by Gasteiger charge is -2.15. The normalized spacial score (nSPS) is 12.4. The lowest BCUT2D eigenvalue weighted by Crippen LogP contribution is -2.03. The first-order valence-corrected chi connectivity index (χ1v) is 7.19. The zero-order chi connectivity index (χ0) is 13.2. The monoisotopic (exact) mass is 250 g/mol. The summed E-state index contributed by atoms with van der Waals surface area (Å²) >= 11 is 0. The predicted octanol–water partition coefficient (Wildman–Crippen LogP) is 4.48. The first-order valence-electron chi connectivity index (χ1n) is 7.19. The molecule has 0 radical (unpaired) electrons. The number of aliphatic hydroxyl groups is 1. The van der Waals surface area contributed by atoms with E-state index in [9.17, 15) is 5.11 Å². The van der Waals surface area contributed by atoms with Crippen molar-refractivity contribution in [2.45, 2.75) is 58.5 Å². The Balaban J connectivity index is 2.52. The van der Waals surface area contributed by atoms with Crippen LogP contribution in [0.3, 0.4) is 0 Å². The molecule has 1 aromatic carbocycles. The van der Waals surface area contributed by atoms with E-state index in [2.05, 4.69) is 13.8 Å². The second kappa shape index (κ2) is 8.98. The predicted molar refractivity (Wildman–Crippen MR) is 75.9 cm³/mol. The van der Waals surface area contributed by atoms with E-state index in [-0.39, 0.29) is 0 Å². The Morgan fingerprint density at radius 1 is 1.06 bits per heavy atom. The average Bonchev–Trinajstić information content (AvgIpc) is 2.41. The molecule has 1 unspecified atom stereocenters. The summed E-state index contributed by atoms with van der Waals surface area (Å²) < 4.78 is 5.67. The fraction of sp³-hybridized carbons (Fsp3) is 0.625. The van der Waals surface area contributed by atoms with Crippen LogP contribution >= 0.6 is 0 Å². The maximum absolute atomic E-state index is 10.2. The number of benzene rings is 1. The van der Waals surface area contributed by atoms with Crippen LogP contribution in [0.5, 0.6) is 5.75 Å². The van der Waals surface area contributed by atoms with E-state index in [0.717, 1.165) is 30.6 Å². The van der Waals surface area contributed by atoms with Gasteiger partial charge in [0, 0.05) is 5.56 Å². The molecular weight excluding hydrogens is 224 g/mol. The molecule has 0 heterocycles. The van der Waals surface area contributed by atoms with E-state index < -0.39 is 6.10 Å². The van der Waals surface area contributed by atoms with E-state index in [1.54, 1.807) is 0 Å². The third-order valence-electron chi connectivity index (χ3n) is 3.07. The van der Waals surface area contributed by atoms with Crippen molar-refractivity contribution in [3.8, 4) is 5.75 Å². The van der Waals surface area contributed by atoms with Crippen molar-refractivity contribution in [2.24, 2.45) is 0 Å². The summed E-state index contributed by atoms with van der Waals surface area (Å²) in [5.74, 6) is 0.836. The maximum Gasteiger partial charge on any atom is 0.125 e. The topological polar surface area (TPSA) is 29.5 Å². The highest BCUT2D eigenvalue weighted by molar-refractivity contribution is 5.35. The number of unbranched alkanes of at least 4 members (excludes halogenated alkanes) is 3. The van der Waals surface area contributed by atoms with E-state index in [0.29, 0.717) is 6.61 Å². The summed E-state index contributed by atoms with van der Waals surface area (Å²) in [6.07, 6.45) is 6.18. The van der Waals surface area contributed by atoms with Crippen molar-refractivity contribution in [1.29, 1.82) is 0 Å². The van der Waals surface area contributed by atoms with Crippen LogP contribution in [-0.2, 0) is 0 Å². The van der Waals surface area contributed by atoms with Crippen LogP contribution in [0.15, 0.2) is 24.3 Å². The highest BCUT2D eigenvalue weighted by Crippen LogP contribution is 2.28. The van der Waals surface area contributed by atoms with Gasteiger partial charge in [-0.15, -0.1) is 0 Å². The van der Waals surface area contributed by atoms with Gasteiger partial charge in [0.05, 0.1) is 12.7 Å². The Bertz CT molecular complexity index is 323. The first kappa shape index (κ1) is 15.0. The van der Waals surface area contributed by atoms with Gasteiger partial charge in [0.2, 0.25) is 0 Å². The van der Waals surface area contributed by atoms with Crippen molar-refractivity contribution >= 4 is 0 Å². The first-order chi connectivity index (χ1) is 8.79. The van der Waals surface area contributed by atoms with Crippen LogP contribution in [0.4, 0.5) is 0 Å². The van der Waals surface area contributed by atoms with Crippen molar-refractivity contribution in [3.63, 3.8) is 0 Å². The number of para-hydroxylation sites is 1. The van der Waals surface area contributed by atoms with Gasteiger partial charge in [0.25, 0.3) is 0 Å². The SMILES string of the molecule is CCCCCCC(O)c1ccccc1OCCC. The molecule has 18 heavy (non-hydrogen) atoms. The fourth-order valence-electron chi connectivity index (χ4n) is 2.02. The summed E-state index contributed by atoms with van der Waals surface area (Å²) in [6.45, 7) is 4.99. The van der Waals surface area contributed by atoms with Gasteiger partial charge in [-0.05, 0) is 18.9 Å². The quantitative estimate of drug-likeness (QED) is 0.655. The molecule has 0 spiro atoms. The standard InChI is InChI=1S/C16H26O2/c1-3-5-6-7-11-15(17)14-10-8-9-12-16(14)18-13-4-2/h8-10,12,15,17H,3-7,11,13H2,1-2H3. The summed E-state index contributed by atoms with van der Waals surface area (Å²) in [7, 11) is 0. The van der Waals surface area contributed by atoms with Gasteiger partial charge in [0.15, 0.2) is 0 Å². The van der Waals surface area contributed by atoms with Crippen molar-refractivity contribution in [2.75, 3.05) is 6.61 Å². The summed E-state index contributed by atoms with van der Waals surface area (Å²) in [5.41, 5.74) is 0.933. The van der Waals surface area contributed by atoms with Gasteiger partial charge in [-0.2, -0.15) is 0 Å². The van der Waals surface area contributed by atoms with Crippen molar-refractivity contribution < 1.29 is 9.84 Å². The molecule has 2 nitrogen and oxygen atoms in total. The van der Waals surface area contributed by atoms with E-state index in [1.807, 2.05) is 24.3 Å². The summed E-state index contributed by atoms with van der Waals surface area (Å²) in [4.78, 5) is 0. The molecular formula is C16H26O2. The number of aliphatic hydroxyl groups excluding tert-OH is 1. The van der Waals surface area contributed by atoms with Crippen LogP contribution in [-0.4, -0.2) is 11.7 Å². The highest BCUT2D eigenvalue weighted by atomic mass is 16.5. The molecule has 0 aliphatic carbocycles. The highest BCUT2D eigenvalue weighted by Gasteiger charge is 2.12. The molecule has 0 aromatic heterocycles. The van der Waals surface area contributed by atoms with Crippen LogP contribution in [0.1, 0.15) is 64.0 Å². The largest absolute Gasteiger partial charge is 0.493 e. The zero-order valence-electron chi connectivity index (χ0n) is 11.7. The Labute approximate surface area is 111 Å². The van der Waals surface area contributed by atoms with Gasteiger partial charge in [-0.3, -0.25) is 0 Å². The maximum atomic E-state index is 10.2. The lowest BCUT2D eigenvalue weighted by atomic mass is 10.0. The van der Waals surface area contributed by atoms with Gasteiger partial charge < -0.3 is 9.84 Å². The van der Waals surface area contributed by atoms with Gasteiger partial charge in [-0.25, -0.2) is 0 Å². The minimum absolute atomic E-state index is 0.394. The molecule has 102 valence electrons. The molecule has 0 aliphatic rings. The number of ether oxygens (including phenoxy) is 1. The molecule has 1 rings (SSSR count). The van der Waals surface area contributed by atoms with Gasteiger partial charge >= 0.3 is 0 Å². The molecule has 0 aliphatic heterocycles. The molecule has 1 aromatic rings. The summed E-state index contributed by atoms with van der Waals surface area (Å²) in [5, 5.41) is 10.2. The van der Waals surface area contributed by atoms with Crippen molar-refractivity contribution in [1.82, 2.24) is 0 Å². The molecule has 0 saturated heterocycles. The van der Waals surface area contributed by atoms with Crippen LogP contribution in [0.25, 0.3) is 0 Å². The van der Waals surface area contributed by atoms with E-state index >= 15 is 0 Å². The Hall–Kier alpha value is -1.02. The Morgan fingerprint density at radius 2 is 1.83 bits per heavy atom. The van der Waals surface area contributed by atoms with Gasteiger partial charge in [-0.1, -0.05) is 57.7 Å². The second-order valence-corrected chi connectivity index (χ2v) is 4.75. The fourth-order valence-corrected chi connectivity index (χ4v) is 2.02. The van der Waals surface area contributed by atoms with Crippen LogP contribution in [0, 0.1) is 0 Å².